The lowest BCUT2D eigenvalue weighted by Crippen LogP contribution is -2.59. The van der Waals surface area contributed by atoms with Crippen LogP contribution in [0.25, 0.3) is 22.3 Å². The van der Waals surface area contributed by atoms with Gasteiger partial charge < -0.3 is 44.7 Å². The number of alkyl carbamates (subject to hydrolysis) is 1. The van der Waals surface area contributed by atoms with Crippen LogP contribution in [-0.2, 0) is 23.9 Å². The van der Waals surface area contributed by atoms with E-state index in [1.807, 2.05) is 72.0 Å². The number of ether oxygens (including phenoxy) is 4. The number of rotatable bonds is 16. The second-order valence-corrected chi connectivity index (χ2v) is 22.0. The highest BCUT2D eigenvalue weighted by atomic mass is 35.5. The number of likely N-dealkylation sites (tertiary alicyclic amines) is 1. The van der Waals surface area contributed by atoms with E-state index in [0.29, 0.717) is 63.7 Å². The smallest absolute Gasteiger partial charge is 0.408 e. The number of carbonyl (C=O) groups is 4. The van der Waals surface area contributed by atoms with Crippen LogP contribution < -0.4 is 25.4 Å². The molecule has 2 aromatic heterocycles. The van der Waals surface area contributed by atoms with Crippen molar-refractivity contribution in [2.75, 3.05) is 65.3 Å². The van der Waals surface area contributed by atoms with Gasteiger partial charge in [-0.05, 0) is 87.8 Å². The Hall–Kier alpha value is -4.45. The predicted molar refractivity (Wildman–Crippen MR) is 254 cm³/mol. The summed E-state index contributed by atoms with van der Waals surface area (Å²) in [6, 6.07) is 3.56. The van der Waals surface area contributed by atoms with Gasteiger partial charge in [-0.25, -0.2) is 19.6 Å². The van der Waals surface area contributed by atoms with Crippen LogP contribution in [0, 0.1) is 29.1 Å². The lowest BCUT2D eigenvalue weighted by Gasteiger charge is -2.35. The number of aromatic nitrogens is 2. The maximum atomic E-state index is 15.0. The number of piperazine rings is 1. The maximum absolute atomic E-state index is 15.0. The Morgan fingerprint density at radius 2 is 1.68 bits per heavy atom. The Balaban J connectivity index is 1.09. The van der Waals surface area contributed by atoms with Gasteiger partial charge in [-0.2, -0.15) is 0 Å². The van der Waals surface area contributed by atoms with Crippen LogP contribution in [0.2, 0.25) is 5.02 Å². The van der Waals surface area contributed by atoms with Crippen molar-refractivity contribution in [2.45, 2.75) is 116 Å². The summed E-state index contributed by atoms with van der Waals surface area (Å²) in [5.41, 5.74) is -0.392. The van der Waals surface area contributed by atoms with Gasteiger partial charge in [0.15, 0.2) is 5.13 Å². The number of likely N-dealkylation sites (N-methyl/N-ethyl adjacent to an activating group) is 1. The molecule has 5 fully saturated rings. The van der Waals surface area contributed by atoms with Crippen LogP contribution in [0.4, 0.5) is 9.93 Å². The second-order valence-electron chi connectivity index (χ2n) is 20.8. The molecule has 3 N–H and O–H groups in total. The number of carbonyl (C=O) groups excluding carboxylic acids is 4. The quantitative estimate of drug-likeness (QED) is 0.134. The average Bonchev–Trinajstić information content (AvgIpc) is 3.95. The van der Waals surface area contributed by atoms with E-state index < -0.39 is 53.0 Å². The number of amides is 3. The molecule has 16 nitrogen and oxygen atoms in total. The highest BCUT2D eigenvalue weighted by Gasteiger charge is 2.64. The summed E-state index contributed by atoms with van der Waals surface area (Å²) in [5.74, 6) is 0.607. The Labute approximate surface area is 397 Å². The highest BCUT2D eigenvalue weighted by molar-refractivity contribution is 7.14. The number of esters is 1. The van der Waals surface area contributed by atoms with Crippen LogP contribution >= 0.6 is 22.9 Å². The van der Waals surface area contributed by atoms with E-state index in [1.54, 1.807) is 0 Å². The molecule has 1 aromatic carbocycles. The fraction of sp³-hybridized carbons (Fsp3) is 0.667. The highest BCUT2D eigenvalue weighted by Crippen LogP contribution is 2.53. The van der Waals surface area contributed by atoms with Crippen molar-refractivity contribution in [1.29, 1.82) is 0 Å². The molecule has 5 aliphatic rings. The summed E-state index contributed by atoms with van der Waals surface area (Å²) in [4.78, 5) is 72.4. The fourth-order valence-corrected chi connectivity index (χ4v) is 11.2. The van der Waals surface area contributed by atoms with Gasteiger partial charge in [-0.3, -0.25) is 14.5 Å². The molecule has 4 heterocycles. The van der Waals surface area contributed by atoms with Crippen molar-refractivity contribution in [3.05, 3.63) is 28.6 Å². The minimum atomic E-state index is -1.21. The van der Waals surface area contributed by atoms with Crippen molar-refractivity contribution >= 4 is 62.8 Å². The zero-order valence-corrected chi connectivity index (χ0v) is 41.4. The number of hydrogen-bond donors (Lipinski definition) is 3. The Morgan fingerprint density at radius 1 is 0.955 bits per heavy atom. The summed E-state index contributed by atoms with van der Waals surface area (Å²) in [6.07, 6.45) is 1.81. The Kier molecular flexibility index (Phi) is 14.0. The summed E-state index contributed by atoms with van der Waals surface area (Å²) in [6.45, 7) is 18.8. The molecule has 360 valence electrons. The normalized spacial score (nSPS) is 26.8. The number of halogens is 1. The molecular formula is C48H67ClN8O8S. The number of nitrogens with zero attached hydrogens (tertiary/aromatic N) is 5. The number of pyridine rings is 1. The van der Waals surface area contributed by atoms with E-state index >= 15 is 0 Å². The average molecular weight is 952 g/mol. The number of hydrogen-bond acceptors (Lipinski definition) is 14. The lowest BCUT2D eigenvalue weighted by atomic mass is 9.85. The molecule has 2 saturated heterocycles. The predicted octanol–water partition coefficient (Wildman–Crippen LogP) is 6.45. The van der Waals surface area contributed by atoms with Crippen LogP contribution in [0.5, 0.6) is 11.5 Å². The fourth-order valence-electron chi connectivity index (χ4n) is 10.0. The van der Waals surface area contributed by atoms with Gasteiger partial charge in [0, 0.05) is 62.0 Å². The second kappa shape index (κ2) is 19.3. The molecule has 0 bridgehead atoms. The molecule has 0 spiro atoms. The number of fused-ring (bicyclic) bond motifs is 2. The van der Waals surface area contributed by atoms with Gasteiger partial charge >= 0.3 is 12.1 Å². The van der Waals surface area contributed by atoms with Crippen LogP contribution in [-0.4, -0.2) is 144 Å². The van der Waals surface area contributed by atoms with E-state index in [9.17, 15) is 19.2 Å². The van der Waals surface area contributed by atoms with Gasteiger partial charge in [-0.1, -0.05) is 46.2 Å². The summed E-state index contributed by atoms with van der Waals surface area (Å²) in [5, 5.41) is 12.9. The van der Waals surface area contributed by atoms with E-state index in [-0.39, 0.29) is 36.9 Å². The number of anilines is 1. The summed E-state index contributed by atoms with van der Waals surface area (Å²) in [7, 11) is 3.44. The first-order valence-corrected chi connectivity index (χ1v) is 24.8. The van der Waals surface area contributed by atoms with Gasteiger partial charge in [0.2, 0.25) is 11.8 Å². The van der Waals surface area contributed by atoms with E-state index in [1.165, 1.54) is 29.8 Å². The molecule has 3 aromatic rings. The third-order valence-electron chi connectivity index (χ3n) is 14.0. The van der Waals surface area contributed by atoms with E-state index in [0.717, 1.165) is 50.7 Å². The standard InChI is InChI=1S/C48H67ClN8O8S/c1-26(2)33-23-48(33,44(60)62-9)54-42(58)36-21-31(24-57(36)43(59)41(47(5,6)7)53-46(61)65-30-19-28-18-29(28)20-30)64-38-22-34(35-25-66-45(52-35)50-27(3)4)51-40-32(38)10-11-37(39(40)49)63-17-16-56-14-12-55(8)13-15-56/h10-11,22,25-31,33,36,41H,12-21,23-24H2,1-9H3,(H,50,52)(H,53,61)(H,54,58)/t28-,29+,30+,31?,33-,36-,41+,48?/m0/s1. The topological polar surface area (TPSA) is 177 Å². The van der Waals surface area contributed by atoms with Crippen LogP contribution in [0.15, 0.2) is 23.6 Å². The lowest BCUT2D eigenvalue weighted by molar-refractivity contribution is -0.148. The maximum Gasteiger partial charge on any atom is 0.408 e. The van der Waals surface area contributed by atoms with Gasteiger partial charge in [0.1, 0.15) is 58.7 Å². The van der Waals surface area contributed by atoms with E-state index in [2.05, 4.69) is 32.8 Å². The van der Waals surface area contributed by atoms with Crippen molar-refractivity contribution in [1.82, 2.24) is 35.3 Å². The van der Waals surface area contributed by atoms with Crippen molar-refractivity contribution in [2.24, 2.45) is 29.1 Å². The van der Waals surface area contributed by atoms with Gasteiger partial charge in [0.25, 0.3) is 0 Å². The summed E-state index contributed by atoms with van der Waals surface area (Å²) < 4.78 is 24.2. The molecule has 2 unspecified atom stereocenters. The molecule has 0 radical (unpaired) electrons. The first kappa shape index (κ1) is 48.0. The summed E-state index contributed by atoms with van der Waals surface area (Å²) >= 11 is 8.63. The monoisotopic (exact) mass is 950 g/mol. The molecule has 8 rings (SSSR count). The third kappa shape index (κ3) is 10.5. The molecule has 66 heavy (non-hydrogen) atoms. The van der Waals surface area contributed by atoms with E-state index in [4.69, 9.17) is 40.5 Å². The minimum Gasteiger partial charge on any atom is -0.491 e. The Bertz CT molecular complexity index is 2290. The first-order chi connectivity index (χ1) is 31.3. The minimum absolute atomic E-state index is 0.00453. The van der Waals surface area contributed by atoms with Crippen LogP contribution in [0.1, 0.15) is 80.6 Å². The molecule has 3 amide bonds. The molecular weight excluding hydrogens is 884 g/mol. The SMILES string of the molecule is COC(=O)C1(NC(=O)[C@@H]2CC(Oc3cc(-c4csc(NC(C)C)n4)nc4c(Cl)c(OCCN5CCN(C)CC5)ccc34)CN2C(=O)[C@@H](NC(=O)O[C@@H]2C[C@@H]3C[C@@H]3C2)C(C)(C)C)C[C@H]1C(C)C. The van der Waals surface area contributed by atoms with Gasteiger partial charge in [0.05, 0.1) is 24.9 Å². The van der Waals surface area contributed by atoms with Crippen molar-refractivity contribution in [3.8, 4) is 22.9 Å². The number of methoxy groups -OCH3 is 1. The molecule has 2 aliphatic heterocycles. The number of benzene rings is 1. The number of thiazole rings is 1. The van der Waals surface area contributed by atoms with Crippen molar-refractivity contribution < 1.29 is 38.1 Å². The zero-order valence-electron chi connectivity index (χ0n) is 39.8. The van der Waals surface area contributed by atoms with Crippen molar-refractivity contribution in [3.63, 3.8) is 0 Å². The Morgan fingerprint density at radius 3 is 2.33 bits per heavy atom. The zero-order chi connectivity index (χ0) is 47.2. The van der Waals surface area contributed by atoms with Gasteiger partial charge in [-0.15, -0.1) is 11.3 Å². The third-order valence-corrected chi connectivity index (χ3v) is 15.1. The molecule has 18 heteroatoms. The molecule has 3 aliphatic carbocycles. The molecule has 3 saturated carbocycles. The number of nitrogens with one attached hydrogen (secondary N) is 3. The largest absolute Gasteiger partial charge is 0.491 e. The molecule has 8 atom stereocenters. The van der Waals surface area contributed by atoms with Crippen LogP contribution in [0.3, 0.4) is 0 Å². The first-order valence-electron chi connectivity index (χ1n) is 23.6.